The number of hydrogen-bond acceptors (Lipinski definition) is 1. The molecule has 1 aromatic rings. The van der Waals surface area contributed by atoms with Crippen molar-refractivity contribution in [2.45, 2.75) is 24.9 Å². The highest BCUT2D eigenvalue weighted by atomic mass is 35.5. The minimum atomic E-state index is -0.153. The molecule has 0 saturated heterocycles. The normalized spacial score (nSPS) is 27.0. The fraction of sp³-hybridized carbons (Fsp3) is 0.400. The molecule has 0 spiro atoms. The van der Waals surface area contributed by atoms with Crippen LogP contribution in [0, 0.1) is 0 Å². The van der Waals surface area contributed by atoms with Gasteiger partial charge in [-0.05, 0) is 30.4 Å². The van der Waals surface area contributed by atoms with Crippen molar-refractivity contribution in [2.75, 3.05) is 0 Å². The topological polar surface area (TPSA) is 20.2 Å². The van der Waals surface area contributed by atoms with E-state index >= 15 is 0 Å². The van der Waals surface area contributed by atoms with Crippen molar-refractivity contribution in [1.82, 2.24) is 0 Å². The summed E-state index contributed by atoms with van der Waals surface area (Å²) in [6, 6.07) is 5.65. The second kappa shape index (κ2) is 3.49. The molecule has 1 saturated carbocycles. The first-order chi connectivity index (χ1) is 6.18. The monoisotopic (exact) mass is 216 g/mol. The van der Waals surface area contributed by atoms with E-state index in [1.807, 2.05) is 12.1 Å². The van der Waals surface area contributed by atoms with Gasteiger partial charge in [0.2, 0.25) is 0 Å². The van der Waals surface area contributed by atoms with E-state index in [-0.39, 0.29) is 6.10 Å². The number of benzene rings is 1. The highest BCUT2D eigenvalue weighted by Crippen LogP contribution is 2.41. The quantitative estimate of drug-likeness (QED) is 0.765. The third kappa shape index (κ3) is 1.69. The Hall–Kier alpha value is -0.240. The Morgan fingerprint density at radius 2 is 1.92 bits per heavy atom. The predicted molar refractivity (Wildman–Crippen MR) is 54.4 cm³/mol. The smallest absolute Gasteiger partial charge is 0.0627 e. The van der Waals surface area contributed by atoms with E-state index in [2.05, 4.69) is 0 Å². The second-order valence-electron chi connectivity index (χ2n) is 3.47. The Morgan fingerprint density at radius 1 is 1.23 bits per heavy atom. The molecule has 1 aliphatic rings. The molecule has 2 rings (SSSR count). The van der Waals surface area contributed by atoms with Crippen LogP contribution < -0.4 is 0 Å². The molecular weight excluding hydrogens is 207 g/mol. The van der Waals surface area contributed by atoms with Gasteiger partial charge in [0.25, 0.3) is 0 Å². The van der Waals surface area contributed by atoms with Crippen LogP contribution in [0.25, 0.3) is 0 Å². The lowest BCUT2D eigenvalue weighted by atomic mass is 9.78. The first-order valence-electron chi connectivity index (χ1n) is 4.30. The maximum Gasteiger partial charge on any atom is 0.0627 e. The number of hydrogen-bond donors (Lipinski definition) is 1. The van der Waals surface area contributed by atoms with E-state index in [9.17, 15) is 0 Å². The molecule has 13 heavy (non-hydrogen) atoms. The lowest BCUT2D eigenvalue weighted by molar-refractivity contribution is 0.0747. The third-order valence-corrected chi connectivity index (χ3v) is 3.37. The van der Waals surface area contributed by atoms with Gasteiger partial charge in [0.1, 0.15) is 0 Å². The Kier molecular flexibility index (Phi) is 2.50. The molecule has 0 amide bonds. The van der Waals surface area contributed by atoms with Gasteiger partial charge in [0.15, 0.2) is 0 Å². The third-order valence-electron chi connectivity index (χ3n) is 2.53. The van der Waals surface area contributed by atoms with Crippen molar-refractivity contribution in [2.24, 2.45) is 0 Å². The van der Waals surface area contributed by atoms with Crippen LogP contribution in [-0.2, 0) is 0 Å². The Balaban J connectivity index is 2.26. The fourth-order valence-corrected chi connectivity index (χ4v) is 2.14. The summed E-state index contributed by atoms with van der Waals surface area (Å²) < 4.78 is 0. The van der Waals surface area contributed by atoms with E-state index in [4.69, 9.17) is 28.3 Å². The van der Waals surface area contributed by atoms with Gasteiger partial charge in [-0.1, -0.05) is 35.3 Å². The lowest BCUT2D eigenvalue weighted by Gasteiger charge is -2.32. The van der Waals surface area contributed by atoms with Crippen molar-refractivity contribution in [1.29, 1.82) is 0 Å². The molecule has 70 valence electrons. The maximum absolute atomic E-state index is 9.16. The van der Waals surface area contributed by atoms with Crippen molar-refractivity contribution in [3.63, 3.8) is 0 Å². The van der Waals surface area contributed by atoms with Crippen LogP contribution in [0.3, 0.4) is 0 Å². The van der Waals surface area contributed by atoms with E-state index in [1.54, 1.807) is 6.07 Å². The van der Waals surface area contributed by atoms with E-state index in [0.29, 0.717) is 16.0 Å². The Morgan fingerprint density at radius 3 is 2.54 bits per heavy atom. The van der Waals surface area contributed by atoms with Crippen LogP contribution in [0.5, 0.6) is 0 Å². The number of rotatable bonds is 1. The number of halogens is 2. The highest BCUT2D eigenvalue weighted by Gasteiger charge is 2.30. The zero-order valence-corrected chi connectivity index (χ0v) is 8.52. The summed E-state index contributed by atoms with van der Waals surface area (Å²) in [4.78, 5) is 0. The molecule has 0 bridgehead atoms. The first kappa shape index (κ1) is 9.32. The van der Waals surface area contributed by atoms with Gasteiger partial charge in [-0.25, -0.2) is 0 Å². The van der Waals surface area contributed by atoms with Gasteiger partial charge in [0.05, 0.1) is 16.1 Å². The zero-order valence-electron chi connectivity index (χ0n) is 7.00. The summed E-state index contributed by atoms with van der Waals surface area (Å²) in [6.45, 7) is 0. The minimum Gasteiger partial charge on any atom is -0.393 e. The van der Waals surface area contributed by atoms with Gasteiger partial charge in [-0.2, -0.15) is 0 Å². The van der Waals surface area contributed by atoms with Crippen molar-refractivity contribution in [3.8, 4) is 0 Å². The van der Waals surface area contributed by atoms with Crippen LogP contribution in [0.1, 0.15) is 24.3 Å². The van der Waals surface area contributed by atoms with E-state index < -0.39 is 0 Å². The van der Waals surface area contributed by atoms with Crippen molar-refractivity contribution >= 4 is 23.2 Å². The molecule has 0 heterocycles. The standard InChI is InChI=1S/C10H10Cl2O/c11-9-3-1-2-8(10(9)12)6-4-7(13)5-6/h1-3,6-7,13H,4-5H2. The highest BCUT2D eigenvalue weighted by molar-refractivity contribution is 6.42. The average Bonchev–Trinajstić information content (AvgIpc) is 2.05. The molecule has 0 aromatic heterocycles. The predicted octanol–water partition coefficient (Wildman–Crippen LogP) is 3.23. The maximum atomic E-state index is 9.16. The van der Waals surface area contributed by atoms with Crippen LogP contribution in [0.15, 0.2) is 18.2 Å². The summed E-state index contributed by atoms with van der Waals surface area (Å²) in [5.41, 5.74) is 1.07. The zero-order chi connectivity index (χ0) is 9.42. The molecule has 0 radical (unpaired) electrons. The number of aliphatic hydroxyl groups is 1. The van der Waals surface area contributed by atoms with Gasteiger partial charge < -0.3 is 5.11 Å². The summed E-state index contributed by atoms with van der Waals surface area (Å²) in [7, 11) is 0. The summed E-state index contributed by atoms with van der Waals surface area (Å²) in [6.07, 6.45) is 1.46. The molecule has 3 heteroatoms. The van der Waals surface area contributed by atoms with Crippen LogP contribution in [-0.4, -0.2) is 11.2 Å². The summed E-state index contributed by atoms with van der Waals surface area (Å²) >= 11 is 11.9. The SMILES string of the molecule is OC1CC(c2cccc(Cl)c2Cl)C1. The summed E-state index contributed by atoms with van der Waals surface area (Å²) in [5.74, 6) is 0.390. The van der Waals surface area contributed by atoms with Gasteiger partial charge >= 0.3 is 0 Å². The molecule has 1 aliphatic carbocycles. The lowest BCUT2D eigenvalue weighted by Crippen LogP contribution is -2.26. The van der Waals surface area contributed by atoms with Crippen molar-refractivity contribution < 1.29 is 5.11 Å². The van der Waals surface area contributed by atoms with Crippen LogP contribution in [0.2, 0.25) is 10.0 Å². The van der Waals surface area contributed by atoms with Gasteiger partial charge in [0, 0.05) is 0 Å². The van der Waals surface area contributed by atoms with Crippen LogP contribution in [0.4, 0.5) is 0 Å². The number of aliphatic hydroxyl groups excluding tert-OH is 1. The minimum absolute atomic E-state index is 0.153. The molecular formula is C10H10Cl2O. The second-order valence-corrected chi connectivity index (χ2v) is 4.25. The molecule has 0 aliphatic heterocycles. The fourth-order valence-electron chi connectivity index (χ4n) is 1.68. The first-order valence-corrected chi connectivity index (χ1v) is 5.06. The molecule has 1 N–H and O–H groups in total. The largest absolute Gasteiger partial charge is 0.393 e. The Labute approximate surface area is 87.3 Å². The molecule has 0 atom stereocenters. The van der Waals surface area contributed by atoms with Crippen LogP contribution >= 0.6 is 23.2 Å². The van der Waals surface area contributed by atoms with E-state index in [0.717, 1.165) is 18.4 Å². The van der Waals surface area contributed by atoms with Crippen molar-refractivity contribution in [3.05, 3.63) is 33.8 Å². The summed E-state index contributed by atoms with van der Waals surface area (Å²) in [5, 5.41) is 10.4. The molecule has 1 nitrogen and oxygen atoms in total. The van der Waals surface area contributed by atoms with Gasteiger partial charge in [-0.15, -0.1) is 0 Å². The van der Waals surface area contributed by atoms with Gasteiger partial charge in [-0.3, -0.25) is 0 Å². The molecule has 1 aromatic carbocycles. The van der Waals surface area contributed by atoms with E-state index in [1.165, 1.54) is 0 Å². The Bertz CT molecular complexity index is 319. The molecule has 0 unspecified atom stereocenters. The average molecular weight is 217 g/mol. The molecule has 1 fully saturated rings.